The topological polar surface area (TPSA) is 6.48 Å². The van der Waals surface area contributed by atoms with Crippen LogP contribution in [0.25, 0.3) is 5.57 Å². The molecule has 4 aromatic carbocycles. The highest BCUT2D eigenvalue weighted by Crippen LogP contribution is 2.57. The van der Waals surface area contributed by atoms with Gasteiger partial charge in [0.15, 0.2) is 0 Å². The summed E-state index contributed by atoms with van der Waals surface area (Å²) in [5.74, 6) is 1.31. The zero-order chi connectivity index (χ0) is 45.9. The summed E-state index contributed by atoms with van der Waals surface area (Å²) >= 11 is 2.17. The van der Waals surface area contributed by atoms with E-state index >= 15 is 0 Å². The van der Waals surface area contributed by atoms with Crippen molar-refractivity contribution in [2.75, 3.05) is 9.80 Å². The Morgan fingerprint density at radius 1 is 0.591 bits per heavy atom. The Kier molecular flexibility index (Phi) is 10.8. The predicted molar refractivity (Wildman–Crippen MR) is 289 cm³/mol. The van der Waals surface area contributed by atoms with E-state index in [4.69, 9.17) is 0 Å². The maximum absolute atomic E-state index is 2.84. The fraction of sp³-hybridized carbons (Fsp3) is 0.484. The van der Waals surface area contributed by atoms with Crippen LogP contribution in [-0.4, -0.2) is 6.71 Å². The van der Waals surface area contributed by atoms with E-state index < -0.39 is 0 Å². The molecule has 2 saturated carbocycles. The third kappa shape index (κ3) is 7.41. The van der Waals surface area contributed by atoms with Crippen LogP contribution in [0.3, 0.4) is 0 Å². The molecule has 2 fully saturated rings. The molecular formula is C62H75BN2S. The Hall–Kier alpha value is -4.28. The third-order valence-corrected chi connectivity index (χ3v) is 18.8. The molecule has 0 amide bonds. The summed E-state index contributed by atoms with van der Waals surface area (Å²) in [5.41, 5.74) is 21.4. The molecule has 342 valence electrons. The van der Waals surface area contributed by atoms with E-state index in [0.717, 1.165) is 12.8 Å². The van der Waals surface area contributed by atoms with E-state index in [9.17, 15) is 0 Å². The predicted octanol–water partition coefficient (Wildman–Crippen LogP) is 16.6. The van der Waals surface area contributed by atoms with Gasteiger partial charge in [0.2, 0.25) is 0 Å². The highest BCUT2D eigenvalue weighted by atomic mass is 32.1. The van der Waals surface area contributed by atoms with Crippen LogP contribution in [-0.2, 0) is 21.7 Å². The van der Waals surface area contributed by atoms with E-state index in [1.807, 2.05) is 0 Å². The SMILES string of the molecule is CC(C)(C)c1ccc(N2c3cc(C(C)(C)C)cc4c3B(c3cc(C5CCCCC5)ccc3N4c3ccc(C4CCCCC4)cc3)c3sc4c(c32)C(C)(C)CCC4(C)C)c(C2=CCCC=C2)c1. The molecule has 3 heterocycles. The van der Waals surface area contributed by atoms with Gasteiger partial charge >= 0.3 is 0 Å². The lowest BCUT2D eigenvalue weighted by molar-refractivity contribution is 0.339. The van der Waals surface area contributed by atoms with Crippen LogP contribution in [0.1, 0.15) is 209 Å². The van der Waals surface area contributed by atoms with E-state index in [1.165, 1.54) is 150 Å². The standard InChI is InChI=1S/C62H75BN2S/c1-59(2,3)45-29-33-50(48(37-45)43-24-18-13-19-25-43)65-53-39-46(60(4,5)6)38-52-55(53)63(58-56(65)54-57(66-58)62(9,10)35-34-61(54,7)8)49-36-44(41-22-16-12-17-23-41)28-32-51(49)64(52)47-30-26-42(27-31-47)40-20-14-11-15-21-40/h18,24-33,36-41H,11-17,19-23,34-35H2,1-10H3. The number of hydrogen-bond donors (Lipinski definition) is 0. The molecule has 66 heavy (non-hydrogen) atoms. The molecule has 0 unspecified atom stereocenters. The Balaban J connectivity index is 1.25. The van der Waals surface area contributed by atoms with Crippen LogP contribution >= 0.6 is 11.3 Å². The highest BCUT2D eigenvalue weighted by molar-refractivity contribution is 7.29. The summed E-state index contributed by atoms with van der Waals surface area (Å²) in [6, 6.07) is 30.5. The monoisotopic (exact) mass is 891 g/mol. The summed E-state index contributed by atoms with van der Waals surface area (Å²) in [7, 11) is 0. The molecule has 0 N–H and O–H groups in total. The molecule has 4 aliphatic carbocycles. The zero-order valence-electron chi connectivity index (χ0n) is 42.1. The minimum Gasteiger partial charge on any atom is -0.311 e. The van der Waals surface area contributed by atoms with Gasteiger partial charge in [-0.25, -0.2) is 0 Å². The molecule has 6 aliphatic rings. The molecule has 4 heteroatoms. The molecule has 1 aromatic heterocycles. The number of benzene rings is 4. The molecule has 0 radical (unpaired) electrons. The Morgan fingerprint density at radius 3 is 1.83 bits per heavy atom. The first kappa shape index (κ1) is 44.2. The van der Waals surface area contributed by atoms with E-state index in [1.54, 1.807) is 20.8 Å². The molecule has 0 bridgehead atoms. The maximum atomic E-state index is 2.84. The first-order valence-electron chi connectivity index (χ1n) is 26.2. The Morgan fingerprint density at radius 2 is 1.20 bits per heavy atom. The van der Waals surface area contributed by atoms with Crippen LogP contribution in [0, 0.1) is 0 Å². The van der Waals surface area contributed by atoms with Crippen molar-refractivity contribution in [2.45, 2.75) is 193 Å². The van der Waals surface area contributed by atoms with E-state index in [-0.39, 0.29) is 28.4 Å². The summed E-state index contributed by atoms with van der Waals surface area (Å²) in [4.78, 5) is 7.15. The normalized spacial score (nSPS) is 20.4. The van der Waals surface area contributed by atoms with Gasteiger partial charge in [-0.15, -0.1) is 0 Å². The van der Waals surface area contributed by atoms with Crippen molar-refractivity contribution in [1.29, 1.82) is 0 Å². The van der Waals surface area contributed by atoms with Crippen LogP contribution in [0.2, 0.25) is 0 Å². The van der Waals surface area contributed by atoms with Gasteiger partial charge in [-0.2, -0.15) is 11.3 Å². The fourth-order valence-electron chi connectivity index (χ4n) is 13.0. The summed E-state index contributed by atoms with van der Waals surface area (Å²) in [6.45, 7) is 24.7. The van der Waals surface area contributed by atoms with Crippen molar-refractivity contribution in [3.05, 3.63) is 129 Å². The molecule has 0 atom stereocenters. The number of hydrogen-bond acceptors (Lipinski definition) is 3. The molecule has 2 nitrogen and oxygen atoms in total. The quantitative estimate of drug-likeness (QED) is 0.159. The summed E-state index contributed by atoms with van der Waals surface area (Å²) in [6.07, 6.45) is 25.3. The molecule has 11 rings (SSSR count). The summed E-state index contributed by atoms with van der Waals surface area (Å²) < 4.78 is 1.55. The highest BCUT2D eigenvalue weighted by Gasteiger charge is 2.51. The first-order valence-corrected chi connectivity index (χ1v) is 27.0. The van der Waals surface area contributed by atoms with E-state index in [2.05, 4.69) is 181 Å². The van der Waals surface area contributed by atoms with Crippen LogP contribution in [0.5, 0.6) is 0 Å². The van der Waals surface area contributed by atoms with Gasteiger partial charge in [0, 0.05) is 38.0 Å². The van der Waals surface area contributed by atoms with E-state index in [0.29, 0.717) is 11.8 Å². The lowest BCUT2D eigenvalue weighted by Gasteiger charge is -2.46. The van der Waals surface area contributed by atoms with Crippen LogP contribution < -0.4 is 25.5 Å². The van der Waals surface area contributed by atoms with Gasteiger partial charge in [-0.1, -0.05) is 156 Å². The second-order valence-electron chi connectivity index (χ2n) is 24.8. The van der Waals surface area contributed by atoms with Gasteiger partial charge < -0.3 is 9.80 Å². The van der Waals surface area contributed by atoms with Gasteiger partial charge in [-0.05, 0) is 172 Å². The molecule has 5 aromatic rings. The van der Waals surface area contributed by atoms with Crippen molar-refractivity contribution in [2.24, 2.45) is 0 Å². The third-order valence-electron chi connectivity index (χ3n) is 17.2. The number of rotatable bonds is 5. The minimum atomic E-state index is -0.0719. The first-order chi connectivity index (χ1) is 31.5. The van der Waals surface area contributed by atoms with Crippen molar-refractivity contribution >= 4 is 73.4 Å². The average molecular weight is 891 g/mol. The molecule has 0 saturated heterocycles. The van der Waals surface area contributed by atoms with Gasteiger partial charge in [-0.3, -0.25) is 0 Å². The largest absolute Gasteiger partial charge is 0.311 e. The van der Waals surface area contributed by atoms with Crippen LogP contribution in [0.15, 0.2) is 91.0 Å². The number of nitrogens with zero attached hydrogens (tertiary/aromatic N) is 2. The molecule has 0 spiro atoms. The lowest BCUT2D eigenvalue weighted by Crippen LogP contribution is -2.61. The van der Waals surface area contributed by atoms with Crippen molar-refractivity contribution < 1.29 is 0 Å². The van der Waals surface area contributed by atoms with Crippen molar-refractivity contribution in [1.82, 2.24) is 0 Å². The summed E-state index contributed by atoms with van der Waals surface area (Å²) in [5, 5.41) is 0. The lowest BCUT2D eigenvalue weighted by atomic mass is 9.35. The van der Waals surface area contributed by atoms with Gasteiger partial charge in [0.05, 0.1) is 11.4 Å². The number of allylic oxidation sites excluding steroid dienone is 4. The number of thiophene rings is 1. The minimum absolute atomic E-state index is 0.0238. The second kappa shape index (κ2) is 16.2. The average Bonchev–Trinajstić information content (AvgIpc) is 3.74. The van der Waals surface area contributed by atoms with Crippen molar-refractivity contribution in [3.63, 3.8) is 0 Å². The van der Waals surface area contributed by atoms with Gasteiger partial charge in [0.25, 0.3) is 6.71 Å². The van der Waals surface area contributed by atoms with Crippen LogP contribution in [0.4, 0.5) is 34.1 Å². The molecular weight excluding hydrogens is 816 g/mol. The van der Waals surface area contributed by atoms with Crippen molar-refractivity contribution in [3.8, 4) is 0 Å². The number of anilines is 6. The smallest absolute Gasteiger partial charge is 0.264 e. The Bertz CT molecular complexity index is 2750. The van der Waals surface area contributed by atoms with Gasteiger partial charge in [0.1, 0.15) is 0 Å². The number of fused-ring (bicyclic) bond motifs is 6. The fourth-order valence-corrected chi connectivity index (χ4v) is 14.8. The second-order valence-corrected chi connectivity index (χ2v) is 25.8. The maximum Gasteiger partial charge on any atom is 0.264 e. The Labute approximate surface area is 403 Å². The molecule has 2 aliphatic heterocycles. The zero-order valence-corrected chi connectivity index (χ0v) is 42.9.